The number of aromatic hydroxyl groups is 1. The standard InChI is InChI=1S/C22H27N5O3/c1-22(2,3)30-21(29)26-12-6-8-15(14-26)23-20-25-24-19-17(10-7-13-27(19)20)16-9-4-5-11-18(16)28/h4-5,7,9-11,13,15,28H,6,8,12,14H2,1-3H3,(H,23,25)/t15-/m1/s1. The average Bonchev–Trinajstić information content (AvgIpc) is 3.10. The van der Waals surface area contributed by atoms with E-state index in [1.807, 2.05) is 55.6 Å². The zero-order chi connectivity index (χ0) is 21.3. The van der Waals surface area contributed by atoms with Crippen LogP contribution in [0.4, 0.5) is 10.7 Å². The van der Waals surface area contributed by atoms with Gasteiger partial charge in [0.2, 0.25) is 5.95 Å². The molecule has 0 radical (unpaired) electrons. The summed E-state index contributed by atoms with van der Waals surface area (Å²) >= 11 is 0. The van der Waals surface area contributed by atoms with Crippen LogP contribution in [0, 0.1) is 0 Å². The van der Waals surface area contributed by atoms with Crippen LogP contribution in [0.25, 0.3) is 16.8 Å². The van der Waals surface area contributed by atoms with Crippen molar-refractivity contribution in [3.05, 3.63) is 42.6 Å². The predicted molar refractivity (Wildman–Crippen MR) is 115 cm³/mol. The number of phenolic OH excluding ortho intramolecular Hbond substituents is 1. The highest BCUT2D eigenvalue weighted by atomic mass is 16.6. The van der Waals surface area contributed by atoms with E-state index in [9.17, 15) is 9.90 Å². The second-order valence-electron chi connectivity index (χ2n) is 8.57. The fourth-order valence-corrected chi connectivity index (χ4v) is 3.70. The SMILES string of the molecule is CC(C)(C)OC(=O)N1CCC[C@@H](Nc2nnc3c(-c4ccccc4O)cccn23)C1. The van der Waals surface area contributed by atoms with Crippen molar-refractivity contribution >= 4 is 17.7 Å². The zero-order valence-electron chi connectivity index (χ0n) is 17.5. The molecule has 1 aliphatic heterocycles. The van der Waals surface area contributed by atoms with Crippen LogP contribution in [0.1, 0.15) is 33.6 Å². The number of likely N-dealkylation sites (tertiary alicyclic amines) is 1. The van der Waals surface area contributed by atoms with Crippen molar-refractivity contribution in [2.45, 2.75) is 45.3 Å². The third-order valence-electron chi connectivity index (χ3n) is 5.04. The highest BCUT2D eigenvalue weighted by Crippen LogP contribution is 2.32. The van der Waals surface area contributed by atoms with Gasteiger partial charge in [-0.25, -0.2) is 4.79 Å². The Bertz CT molecular complexity index is 1060. The zero-order valence-corrected chi connectivity index (χ0v) is 17.5. The minimum atomic E-state index is -0.514. The number of para-hydroxylation sites is 1. The van der Waals surface area contributed by atoms with Crippen molar-refractivity contribution in [1.82, 2.24) is 19.5 Å². The number of anilines is 1. The van der Waals surface area contributed by atoms with Crippen LogP contribution in [0.3, 0.4) is 0 Å². The molecule has 0 unspecified atom stereocenters. The molecule has 1 atom stereocenters. The number of hydrogen-bond acceptors (Lipinski definition) is 6. The molecule has 1 aromatic carbocycles. The van der Waals surface area contributed by atoms with Crippen LogP contribution >= 0.6 is 0 Å². The van der Waals surface area contributed by atoms with E-state index < -0.39 is 5.60 Å². The number of carbonyl (C=O) groups is 1. The van der Waals surface area contributed by atoms with Gasteiger partial charge in [0.1, 0.15) is 11.4 Å². The lowest BCUT2D eigenvalue weighted by atomic mass is 10.1. The van der Waals surface area contributed by atoms with Crippen molar-refractivity contribution in [1.29, 1.82) is 0 Å². The number of nitrogens with zero attached hydrogens (tertiary/aromatic N) is 4. The van der Waals surface area contributed by atoms with Gasteiger partial charge in [-0.05, 0) is 51.8 Å². The van der Waals surface area contributed by atoms with Crippen LogP contribution in [0.2, 0.25) is 0 Å². The van der Waals surface area contributed by atoms with E-state index in [1.165, 1.54) is 0 Å². The number of hydrogen-bond donors (Lipinski definition) is 2. The number of nitrogens with one attached hydrogen (secondary N) is 1. The smallest absolute Gasteiger partial charge is 0.410 e. The number of ether oxygens (including phenoxy) is 1. The third-order valence-corrected chi connectivity index (χ3v) is 5.04. The van der Waals surface area contributed by atoms with Crippen molar-refractivity contribution in [2.24, 2.45) is 0 Å². The van der Waals surface area contributed by atoms with Gasteiger partial charge in [0.15, 0.2) is 5.65 Å². The topological polar surface area (TPSA) is 92.0 Å². The molecule has 0 spiro atoms. The van der Waals surface area contributed by atoms with E-state index >= 15 is 0 Å². The minimum Gasteiger partial charge on any atom is -0.507 e. The van der Waals surface area contributed by atoms with Crippen molar-refractivity contribution in [3.8, 4) is 16.9 Å². The number of pyridine rings is 1. The summed E-state index contributed by atoms with van der Waals surface area (Å²) in [6.07, 6.45) is 3.40. The normalized spacial score (nSPS) is 17.2. The first kappa shape index (κ1) is 20.0. The fraction of sp³-hybridized carbons (Fsp3) is 0.409. The van der Waals surface area contributed by atoms with Gasteiger partial charge in [-0.3, -0.25) is 4.40 Å². The van der Waals surface area contributed by atoms with Crippen LogP contribution in [0.5, 0.6) is 5.75 Å². The van der Waals surface area contributed by atoms with Crippen LogP contribution < -0.4 is 5.32 Å². The third kappa shape index (κ3) is 4.17. The van der Waals surface area contributed by atoms with Crippen LogP contribution in [-0.2, 0) is 4.74 Å². The summed E-state index contributed by atoms with van der Waals surface area (Å²) in [6, 6.07) is 11.0. The molecule has 8 nitrogen and oxygen atoms in total. The highest BCUT2D eigenvalue weighted by molar-refractivity contribution is 5.81. The molecule has 1 fully saturated rings. The van der Waals surface area contributed by atoms with Gasteiger partial charge in [-0.15, -0.1) is 10.2 Å². The summed E-state index contributed by atoms with van der Waals surface area (Å²) in [6.45, 7) is 6.84. The molecule has 30 heavy (non-hydrogen) atoms. The van der Waals surface area contributed by atoms with E-state index in [-0.39, 0.29) is 17.9 Å². The molecule has 2 aromatic heterocycles. The summed E-state index contributed by atoms with van der Waals surface area (Å²) in [5, 5.41) is 22.3. The number of rotatable bonds is 3. The first-order valence-corrected chi connectivity index (χ1v) is 10.2. The predicted octanol–water partition coefficient (Wildman–Crippen LogP) is 3.91. The number of aromatic nitrogens is 3. The lowest BCUT2D eigenvalue weighted by Gasteiger charge is -2.34. The molecule has 2 N–H and O–H groups in total. The number of benzene rings is 1. The summed E-state index contributed by atoms with van der Waals surface area (Å²) in [7, 11) is 0. The average molecular weight is 409 g/mol. The maximum atomic E-state index is 12.4. The van der Waals surface area contributed by atoms with Gasteiger partial charge in [0, 0.05) is 36.5 Å². The van der Waals surface area contributed by atoms with E-state index in [0.29, 0.717) is 30.2 Å². The first-order valence-electron chi connectivity index (χ1n) is 10.2. The van der Waals surface area contributed by atoms with Gasteiger partial charge in [0.25, 0.3) is 0 Å². The molecule has 4 rings (SSSR count). The van der Waals surface area contributed by atoms with Gasteiger partial charge < -0.3 is 20.1 Å². The molecular weight excluding hydrogens is 382 g/mol. The Morgan fingerprint density at radius 1 is 1.17 bits per heavy atom. The molecule has 1 aliphatic rings. The Morgan fingerprint density at radius 3 is 2.70 bits per heavy atom. The second-order valence-corrected chi connectivity index (χ2v) is 8.57. The molecule has 1 saturated heterocycles. The molecule has 3 heterocycles. The van der Waals surface area contributed by atoms with Crippen molar-refractivity contribution in [3.63, 3.8) is 0 Å². The Balaban J connectivity index is 1.54. The molecule has 0 saturated carbocycles. The lowest BCUT2D eigenvalue weighted by molar-refractivity contribution is 0.0206. The maximum absolute atomic E-state index is 12.4. The van der Waals surface area contributed by atoms with Crippen LogP contribution in [-0.4, -0.2) is 55.4 Å². The summed E-state index contributed by atoms with van der Waals surface area (Å²) in [4.78, 5) is 14.2. The molecule has 0 bridgehead atoms. The summed E-state index contributed by atoms with van der Waals surface area (Å²) in [5.74, 6) is 0.807. The summed E-state index contributed by atoms with van der Waals surface area (Å²) < 4.78 is 7.38. The Hall–Kier alpha value is -3.29. The largest absolute Gasteiger partial charge is 0.507 e. The Labute approximate surface area is 175 Å². The number of fused-ring (bicyclic) bond motifs is 1. The van der Waals surface area contributed by atoms with Gasteiger partial charge in [-0.1, -0.05) is 18.2 Å². The highest BCUT2D eigenvalue weighted by Gasteiger charge is 2.28. The monoisotopic (exact) mass is 409 g/mol. The van der Waals surface area contributed by atoms with E-state index in [4.69, 9.17) is 4.74 Å². The molecular formula is C22H27N5O3. The molecule has 0 aliphatic carbocycles. The van der Waals surface area contributed by atoms with Crippen molar-refractivity contribution < 1.29 is 14.6 Å². The number of carbonyl (C=O) groups excluding carboxylic acids is 1. The van der Waals surface area contributed by atoms with Crippen molar-refractivity contribution in [2.75, 3.05) is 18.4 Å². The van der Waals surface area contributed by atoms with Gasteiger partial charge in [0.05, 0.1) is 0 Å². The fourth-order valence-electron chi connectivity index (χ4n) is 3.70. The molecule has 3 aromatic rings. The molecule has 158 valence electrons. The summed E-state index contributed by atoms with van der Waals surface area (Å²) in [5.41, 5.74) is 1.65. The number of amides is 1. The van der Waals surface area contributed by atoms with Gasteiger partial charge in [-0.2, -0.15) is 0 Å². The first-order chi connectivity index (χ1) is 14.3. The number of phenols is 1. The van der Waals surface area contributed by atoms with E-state index in [0.717, 1.165) is 18.4 Å². The van der Waals surface area contributed by atoms with Crippen LogP contribution in [0.15, 0.2) is 42.6 Å². The Morgan fingerprint density at radius 2 is 1.93 bits per heavy atom. The Kier molecular flexibility index (Phi) is 5.24. The molecule has 1 amide bonds. The maximum Gasteiger partial charge on any atom is 0.410 e. The second kappa shape index (κ2) is 7.85. The number of piperidine rings is 1. The quantitative estimate of drug-likeness (QED) is 0.681. The van der Waals surface area contributed by atoms with E-state index in [1.54, 1.807) is 17.0 Å². The van der Waals surface area contributed by atoms with Gasteiger partial charge >= 0.3 is 6.09 Å². The molecule has 8 heteroatoms. The minimum absolute atomic E-state index is 0.0486. The van der Waals surface area contributed by atoms with E-state index in [2.05, 4.69) is 15.5 Å². The lowest BCUT2D eigenvalue weighted by Crippen LogP contribution is -2.47.